The summed E-state index contributed by atoms with van der Waals surface area (Å²) in [5.41, 5.74) is 5.85. The molecule has 4 N–H and O–H groups in total. The third-order valence-corrected chi connectivity index (χ3v) is 2.18. The van der Waals surface area contributed by atoms with Crippen LogP contribution >= 0.6 is 0 Å². The number of methoxy groups -OCH3 is 1. The predicted molar refractivity (Wildman–Crippen MR) is 60.6 cm³/mol. The molecule has 1 atom stereocenters. The van der Waals surface area contributed by atoms with Crippen LogP contribution < -0.4 is 11.1 Å². The van der Waals surface area contributed by atoms with Gasteiger partial charge in [-0.2, -0.15) is 0 Å². The van der Waals surface area contributed by atoms with E-state index >= 15 is 0 Å². The summed E-state index contributed by atoms with van der Waals surface area (Å²) < 4.78 is 5.04. The number of rotatable bonds is 5. The average molecular weight is 225 g/mol. The number of nitrogen functional groups attached to an aromatic ring is 1. The Hall–Kier alpha value is -1.82. The summed E-state index contributed by atoms with van der Waals surface area (Å²) in [4.78, 5) is 14.8. The van der Waals surface area contributed by atoms with E-state index in [1.54, 1.807) is 7.11 Å². The molecule has 0 saturated carbocycles. The van der Waals surface area contributed by atoms with Crippen molar-refractivity contribution in [3.05, 3.63) is 17.8 Å². The van der Waals surface area contributed by atoms with Gasteiger partial charge in [0.25, 0.3) is 0 Å². The maximum absolute atomic E-state index is 10.8. The number of aromatic nitrogens is 1. The van der Waals surface area contributed by atoms with Gasteiger partial charge in [0, 0.05) is 19.9 Å². The van der Waals surface area contributed by atoms with Gasteiger partial charge in [0.2, 0.25) is 0 Å². The summed E-state index contributed by atoms with van der Waals surface area (Å²) in [6.07, 6.45) is 1.40. The van der Waals surface area contributed by atoms with Crippen molar-refractivity contribution in [2.75, 3.05) is 24.7 Å². The van der Waals surface area contributed by atoms with Crippen molar-refractivity contribution in [3.8, 4) is 0 Å². The van der Waals surface area contributed by atoms with Gasteiger partial charge in [0.1, 0.15) is 5.82 Å². The molecule has 16 heavy (non-hydrogen) atoms. The Balaban J connectivity index is 2.81. The summed E-state index contributed by atoms with van der Waals surface area (Å²) in [5.74, 6) is -0.702. The summed E-state index contributed by atoms with van der Waals surface area (Å²) >= 11 is 0. The predicted octanol–water partition coefficient (Wildman–Crippen LogP) is 0.809. The van der Waals surface area contributed by atoms with Crippen LogP contribution in [0.1, 0.15) is 17.3 Å². The van der Waals surface area contributed by atoms with Gasteiger partial charge in [-0.1, -0.05) is 0 Å². The fourth-order valence-corrected chi connectivity index (χ4v) is 1.12. The van der Waals surface area contributed by atoms with E-state index in [1.165, 1.54) is 12.3 Å². The van der Waals surface area contributed by atoms with Crippen LogP contribution in [0.25, 0.3) is 0 Å². The lowest BCUT2D eigenvalue weighted by molar-refractivity contribution is 0.0698. The first kappa shape index (κ1) is 12.3. The average Bonchev–Trinajstić information content (AvgIpc) is 2.26. The summed E-state index contributed by atoms with van der Waals surface area (Å²) in [7, 11) is 1.59. The third kappa shape index (κ3) is 2.83. The number of nitrogens with one attached hydrogen (secondary N) is 1. The molecule has 0 aliphatic heterocycles. The minimum absolute atomic E-state index is 0.00492. The first-order chi connectivity index (χ1) is 7.56. The van der Waals surface area contributed by atoms with Crippen molar-refractivity contribution in [2.45, 2.75) is 13.0 Å². The van der Waals surface area contributed by atoms with Crippen LogP contribution in [0.15, 0.2) is 12.3 Å². The smallest absolute Gasteiger partial charge is 0.337 e. The molecule has 1 rings (SSSR count). The lowest BCUT2D eigenvalue weighted by Gasteiger charge is -2.13. The number of carbonyl (C=O) groups is 1. The van der Waals surface area contributed by atoms with Crippen LogP contribution in [-0.4, -0.2) is 35.8 Å². The number of carboxylic acid groups (broad SMARTS) is 1. The van der Waals surface area contributed by atoms with E-state index in [-0.39, 0.29) is 17.4 Å². The van der Waals surface area contributed by atoms with E-state index in [1.807, 2.05) is 6.92 Å². The Kier molecular flexibility index (Phi) is 4.07. The van der Waals surface area contributed by atoms with Crippen molar-refractivity contribution in [1.82, 2.24) is 4.98 Å². The van der Waals surface area contributed by atoms with Crippen molar-refractivity contribution in [3.63, 3.8) is 0 Å². The number of ether oxygens (including phenoxy) is 1. The molecule has 1 heterocycles. The van der Waals surface area contributed by atoms with E-state index in [0.717, 1.165) is 0 Å². The number of hydrogen-bond acceptors (Lipinski definition) is 5. The molecule has 6 heteroatoms. The second-order valence-corrected chi connectivity index (χ2v) is 3.35. The summed E-state index contributed by atoms with van der Waals surface area (Å²) in [6, 6.07) is 1.36. The highest BCUT2D eigenvalue weighted by Crippen LogP contribution is 2.19. The van der Waals surface area contributed by atoms with Crippen LogP contribution in [0.2, 0.25) is 0 Å². The molecule has 1 unspecified atom stereocenters. The second-order valence-electron chi connectivity index (χ2n) is 3.35. The zero-order chi connectivity index (χ0) is 12.1. The van der Waals surface area contributed by atoms with Crippen LogP contribution in [-0.2, 0) is 4.74 Å². The molecule has 0 fully saturated rings. The van der Waals surface area contributed by atoms with Crippen molar-refractivity contribution in [2.24, 2.45) is 0 Å². The van der Waals surface area contributed by atoms with E-state index in [2.05, 4.69) is 10.3 Å². The minimum Gasteiger partial charge on any atom is -0.478 e. The van der Waals surface area contributed by atoms with Crippen LogP contribution in [0.5, 0.6) is 0 Å². The molecule has 6 nitrogen and oxygen atoms in total. The molecule has 0 saturated heterocycles. The Labute approximate surface area is 93.4 Å². The highest BCUT2D eigenvalue weighted by atomic mass is 16.5. The van der Waals surface area contributed by atoms with Crippen LogP contribution in [0, 0.1) is 0 Å². The van der Waals surface area contributed by atoms with Crippen molar-refractivity contribution >= 4 is 17.5 Å². The standard InChI is InChI=1S/C10H15N3O3/c1-6(16-2)5-13-9-8(11)7(10(14)15)3-4-12-9/h3-4,6H,5,11H2,1-2H3,(H,12,13)(H,14,15). The van der Waals surface area contributed by atoms with Crippen LogP contribution in [0.4, 0.5) is 11.5 Å². The van der Waals surface area contributed by atoms with Crippen molar-refractivity contribution in [1.29, 1.82) is 0 Å². The molecule has 0 spiro atoms. The molecule has 1 aromatic rings. The number of nitrogens with zero attached hydrogens (tertiary/aromatic N) is 1. The molecular weight excluding hydrogens is 210 g/mol. The quantitative estimate of drug-likeness (QED) is 0.686. The van der Waals surface area contributed by atoms with Gasteiger partial charge >= 0.3 is 5.97 Å². The molecule has 0 bridgehead atoms. The lowest BCUT2D eigenvalue weighted by Crippen LogP contribution is -2.20. The molecular formula is C10H15N3O3. The summed E-state index contributed by atoms with van der Waals surface area (Å²) in [5, 5.41) is 11.8. The van der Waals surface area contributed by atoms with Gasteiger partial charge in [-0.15, -0.1) is 0 Å². The zero-order valence-corrected chi connectivity index (χ0v) is 9.23. The fourth-order valence-electron chi connectivity index (χ4n) is 1.12. The van der Waals surface area contributed by atoms with Gasteiger partial charge < -0.3 is 20.9 Å². The number of nitrogens with two attached hydrogens (primary N) is 1. The second kappa shape index (κ2) is 5.32. The van der Waals surface area contributed by atoms with Crippen molar-refractivity contribution < 1.29 is 14.6 Å². The number of anilines is 2. The van der Waals surface area contributed by atoms with E-state index in [4.69, 9.17) is 15.6 Å². The molecule has 0 aliphatic rings. The van der Waals surface area contributed by atoms with E-state index in [0.29, 0.717) is 12.4 Å². The Morgan fingerprint density at radius 2 is 2.44 bits per heavy atom. The maximum atomic E-state index is 10.8. The first-order valence-electron chi connectivity index (χ1n) is 4.80. The third-order valence-electron chi connectivity index (χ3n) is 2.18. The largest absolute Gasteiger partial charge is 0.478 e. The van der Waals surface area contributed by atoms with E-state index < -0.39 is 5.97 Å². The fraction of sp³-hybridized carbons (Fsp3) is 0.400. The SMILES string of the molecule is COC(C)CNc1nccc(C(=O)O)c1N. The number of carboxylic acids is 1. The highest BCUT2D eigenvalue weighted by molar-refractivity contribution is 5.96. The van der Waals surface area contributed by atoms with Gasteiger partial charge in [0.15, 0.2) is 0 Å². The number of hydrogen-bond donors (Lipinski definition) is 3. The Morgan fingerprint density at radius 1 is 1.75 bits per heavy atom. The lowest BCUT2D eigenvalue weighted by atomic mass is 10.2. The summed E-state index contributed by atoms with van der Waals surface area (Å²) in [6.45, 7) is 2.39. The molecule has 0 aliphatic carbocycles. The van der Waals surface area contributed by atoms with Gasteiger partial charge in [-0.25, -0.2) is 9.78 Å². The van der Waals surface area contributed by atoms with Crippen LogP contribution in [0.3, 0.4) is 0 Å². The molecule has 88 valence electrons. The highest BCUT2D eigenvalue weighted by Gasteiger charge is 2.12. The normalized spacial score (nSPS) is 12.1. The molecule has 0 radical (unpaired) electrons. The molecule has 1 aromatic heterocycles. The maximum Gasteiger partial charge on any atom is 0.337 e. The topological polar surface area (TPSA) is 97.5 Å². The number of pyridine rings is 1. The Bertz CT molecular complexity index is 382. The first-order valence-corrected chi connectivity index (χ1v) is 4.80. The number of aromatic carboxylic acids is 1. The van der Waals surface area contributed by atoms with Gasteiger partial charge in [-0.05, 0) is 13.0 Å². The molecule has 0 amide bonds. The van der Waals surface area contributed by atoms with Gasteiger partial charge in [-0.3, -0.25) is 0 Å². The Morgan fingerprint density at radius 3 is 3.00 bits per heavy atom. The monoisotopic (exact) mass is 225 g/mol. The minimum atomic E-state index is -1.07. The van der Waals surface area contributed by atoms with Gasteiger partial charge in [0.05, 0.1) is 17.4 Å². The molecule has 0 aromatic carbocycles. The zero-order valence-electron chi connectivity index (χ0n) is 9.23. The van der Waals surface area contributed by atoms with E-state index in [9.17, 15) is 4.79 Å².